The molecule has 0 heterocycles. The van der Waals surface area contributed by atoms with E-state index >= 15 is 0 Å². The normalized spacial score (nSPS) is 15.2. The molecule has 0 saturated carbocycles. The number of rotatable bonds is 7. The molecule has 3 nitrogen and oxygen atoms in total. The van der Waals surface area contributed by atoms with Gasteiger partial charge in [0.2, 0.25) is 0 Å². The molecule has 0 amide bonds. The number of ether oxygens (including phenoxy) is 1. The van der Waals surface area contributed by atoms with Gasteiger partial charge in [-0.25, -0.2) is 0 Å². The number of halogens is 3. The number of hydrogen-bond acceptors (Lipinski definition) is 3. The van der Waals surface area contributed by atoms with Gasteiger partial charge in [0.1, 0.15) is 0 Å². The highest BCUT2D eigenvalue weighted by atomic mass is 19.4. The molecule has 6 heteroatoms. The summed E-state index contributed by atoms with van der Waals surface area (Å²) in [7, 11) is 1.58. The molecule has 2 unspecified atom stereocenters. The van der Waals surface area contributed by atoms with Gasteiger partial charge in [-0.2, -0.15) is 13.2 Å². The van der Waals surface area contributed by atoms with Crippen LogP contribution in [0.4, 0.5) is 13.2 Å². The van der Waals surface area contributed by atoms with E-state index in [2.05, 4.69) is 5.32 Å². The molecule has 2 N–H and O–H groups in total. The minimum Gasteiger partial charge on any atom is -0.387 e. The molecule has 0 spiro atoms. The van der Waals surface area contributed by atoms with Crippen molar-refractivity contribution in [3.05, 3.63) is 35.4 Å². The Morgan fingerprint density at radius 3 is 2.48 bits per heavy atom. The lowest BCUT2D eigenvalue weighted by molar-refractivity contribution is -0.137. The highest BCUT2D eigenvalue weighted by Crippen LogP contribution is 2.30. The van der Waals surface area contributed by atoms with Crippen molar-refractivity contribution in [2.24, 2.45) is 5.92 Å². The van der Waals surface area contributed by atoms with Gasteiger partial charge < -0.3 is 15.2 Å². The SMILES string of the molecule is COCC(NCC(O)c1cccc(C(F)(F)F)c1)C(C)C. The number of aliphatic hydroxyl groups excluding tert-OH is 1. The van der Waals surface area contributed by atoms with Gasteiger partial charge in [0.05, 0.1) is 18.3 Å². The minimum atomic E-state index is -4.40. The summed E-state index contributed by atoms with van der Waals surface area (Å²) in [5.74, 6) is 0.290. The molecule has 0 aliphatic heterocycles. The maximum Gasteiger partial charge on any atom is 0.416 e. The van der Waals surface area contributed by atoms with Crippen LogP contribution < -0.4 is 5.32 Å². The van der Waals surface area contributed by atoms with E-state index in [0.717, 1.165) is 12.1 Å². The zero-order valence-electron chi connectivity index (χ0n) is 12.4. The second kappa shape index (κ2) is 7.77. The molecule has 2 atom stereocenters. The Hall–Kier alpha value is -1.11. The van der Waals surface area contributed by atoms with Crippen molar-refractivity contribution < 1.29 is 23.0 Å². The Labute approximate surface area is 123 Å². The average Bonchev–Trinajstić information content (AvgIpc) is 2.42. The predicted molar refractivity (Wildman–Crippen MR) is 74.9 cm³/mol. The van der Waals surface area contributed by atoms with E-state index in [1.807, 2.05) is 13.8 Å². The van der Waals surface area contributed by atoms with E-state index in [0.29, 0.717) is 12.5 Å². The van der Waals surface area contributed by atoms with Gasteiger partial charge in [-0.1, -0.05) is 26.0 Å². The van der Waals surface area contributed by atoms with E-state index in [-0.39, 0.29) is 18.2 Å². The van der Waals surface area contributed by atoms with Crippen molar-refractivity contribution in [1.82, 2.24) is 5.32 Å². The second-order valence-corrected chi connectivity index (χ2v) is 5.35. The van der Waals surface area contributed by atoms with E-state index < -0.39 is 17.8 Å². The van der Waals surface area contributed by atoms with Crippen molar-refractivity contribution >= 4 is 0 Å². The molecule has 120 valence electrons. The molecule has 0 saturated heterocycles. The van der Waals surface area contributed by atoms with Gasteiger partial charge in [-0.05, 0) is 23.6 Å². The predicted octanol–water partition coefficient (Wildman–Crippen LogP) is 3.00. The molecule has 1 aromatic rings. The molecule has 1 aromatic carbocycles. The van der Waals surface area contributed by atoms with Crippen LogP contribution in [0, 0.1) is 5.92 Å². The van der Waals surface area contributed by atoms with E-state index in [1.54, 1.807) is 7.11 Å². The first-order valence-corrected chi connectivity index (χ1v) is 6.83. The Bertz CT molecular complexity index is 435. The average molecular weight is 305 g/mol. The number of nitrogens with one attached hydrogen (secondary N) is 1. The molecule has 21 heavy (non-hydrogen) atoms. The summed E-state index contributed by atoms with van der Waals surface area (Å²) in [5.41, 5.74) is -0.506. The minimum absolute atomic E-state index is 0.0375. The molecule has 0 bridgehead atoms. The topological polar surface area (TPSA) is 41.5 Å². The van der Waals surface area contributed by atoms with Crippen molar-refractivity contribution in [2.45, 2.75) is 32.2 Å². The Morgan fingerprint density at radius 2 is 1.95 bits per heavy atom. The maximum absolute atomic E-state index is 12.6. The first-order valence-electron chi connectivity index (χ1n) is 6.83. The largest absolute Gasteiger partial charge is 0.416 e. The van der Waals surface area contributed by atoms with Crippen molar-refractivity contribution in [1.29, 1.82) is 0 Å². The fourth-order valence-electron chi connectivity index (χ4n) is 1.97. The summed E-state index contributed by atoms with van der Waals surface area (Å²) >= 11 is 0. The molecule has 0 radical (unpaired) electrons. The maximum atomic E-state index is 12.6. The number of methoxy groups -OCH3 is 1. The van der Waals surface area contributed by atoms with E-state index in [4.69, 9.17) is 4.74 Å². The molecule has 0 aliphatic rings. The highest BCUT2D eigenvalue weighted by molar-refractivity contribution is 5.27. The van der Waals surface area contributed by atoms with Gasteiger partial charge in [-0.3, -0.25) is 0 Å². The molecular weight excluding hydrogens is 283 g/mol. The van der Waals surface area contributed by atoms with Crippen LogP contribution in [-0.2, 0) is 10.9 Å². The van der Waals surface area contributed by atoms with Crippen LogP contribution >= 0.6 is 0 Å². The molecule has 1 rings (SSSR count). The number of alkyl halides is 3. The van der Waals surface area contributed by atoms with Gasteiger partial charge in [0.25, 0.3) is 0 Å². The second-order valence-electron chi connectivity index (χ2n) is 5.35. The van der Waals surface area contributed by atoms with E-state index in [9.17, 15) is 18.3 Å². The zero-order chi connectivity index (χ0) is 16.0. The van der Waals surface area contributed by atoms with Crippen LogP contribution in [0.25, 0.3) is 0 Å². The van der Waals surface area contributed by atoms with Crippen LogP contribution in [0.3, 0.4) is 0 Å². The summed E-state index contributed by atoms with van der Waals surface area (Å²) in [5, 5.41) is 13.2. The van der Waals surface area contributed by atoms with Crippen LogP contribution in [0.5, 0.6) is 0 Å². The summed E-state index contributed by atoms with van der Waals surface area (Å²) in [4.78, 5) is 0. The third-order valence-corrected chi connectivity index (χ3v) is 3.32. The van der Waals surface area contributed by atoms with Gasteiger partial charge in [0.15, 0.2) is 0 Å². The standard InChI is InChI=1S/C15H22F3NO2/c1-10(2)13(9-21-3)19-8-14(20)11-5-4-6-12(7-11)15(16,17)18/h4-7,10,13-14,19-20H,8-9H2,1-3H3. The van der Waals surface area contributed by atoms with Gasteiger partial charge in [-0.15, -0.1) is 0 Å². The number of benzene rings is 1. The first kappa shape index (κ1) is 17.9. The highest BCUT2D eigenvalue weighted by Gasteiger charge is 2.30. The summed E-state index contributed by atoms with van der Waals surface area (Å²) in [6, 6.07) is 4.80. The Balaban J connectivity index is 2.69. The quantitative estimate of drug-likeness (QED) is 0.814. The van der Waals surface area contributed by atoms with Crippen LogP contribution in [-0.4, -0.2) is 31.4 Å². The lowest BCUT2D eigenvalue weighted by Gasteiger charge is -2.23. The molecule has 0 aliphatic carbocycles. The Kier molecular flexibility index (Phi) is 6.64. The van der Waals surface area contributed by atoms with Crippen LogP contribution in [0.1, 0.15) is 31.1 Å². The molecular formula is C15H22F3NO2. The monoisotopic (exact) mass is 305 g/mol. The first-order chi connectivity index (χ1) is 9.75. The Morgan fingerprint density at radius 1 is 1.29 bits per heavy atom. The van der Waals surface area contributed by atoms with Crippen molar-refractivity contribution in [2.75, 3.05) is 20.3 Å². The lowest BCUT2D eigenvalue weighted by Crippen LogP contribution is -2.40. The number of aliphatic hydroxyl groups is 1. The van der Waals surface area contributed by atoms with Crippen LogP contribution in [0.2, 0.25) is 0 Å². The summed E-state index contributed by atoms with van der Waals surface area (Å²) in [6.45, 7) is 4.67. The smallest absolute Gasteiger partial charge is 0.387 e. The van der Waals surface area contributed by atoms with Crippen molar-refractivity contribution in [3.8, 4) is 0 Å². The van der Waals surface area contributed by atoms with Gasteiger partial charge >= 0.3 is 6.18 Å². The summed E-state index contributed by atoms with van der Waals surface area (Å²) in [6.07, 6.45) is -5.40. The third kappa shape index (κ3) is 5.65. The lowest BCUT2D eigenvalue weighted by atomic mass is 10.0. The fraction of sp³-hybridized carbons (Fsp3) is 0.600. The third-order valence-electron chi connectivity index (χ3n) is 3.32. The van der Waals surface area contributed by atoms with Crippen LogP contribution in [0.15, 0.2) is 24.3 Å². The van der Waals surface area contributed by atoms with Crippen molar-refractivity contribution in [3.63, 3.8) is 0 Å². The molecule has 0 fully saturated rings. The fourth-order valence-corrected chi connectivity index (χ4v) is 1.97. The van der Waals surface area contributed by atoms with E-state index in [1.165, 1.54) is 12.1 Å². The molecule has 0 aromatic heterocycles. The zero-order valence-corrected chi connectivity index (χ0v) is 12.4. The number of hydrogen-bond donors (Lipinski definition) is 2. The summed E-state index contributed by atoms with van der Waals surface area (Å²) < 4.78 is 43.0. The van der Waals surface area contributed by atoms with Gasteiger partial charge in [0, 0.05) is 19.7 Å².